The van der Waals surface area contributed by atoms with Gasteiger partial charge in [0.1, 0.15) is 0 Å². The summed E-state index contributed by atoms with van der Waals surface area (Å²) in [6.07, 6.45) is 0.456. The van der Waals surface area contributed by atoms with Gasteiger partial charge < -0.3 is 5.11 Å². The first-order chi connectivity index (χ1) is 9.85. The monoisotopic (exact) mass is 328 g/mol. The van der Waals surface area contributed by atoms with Crippen LogP contribution in [0.2, 0.25) is 10.0 Å². The molecule has 1 heterocycles. The predicted octanol–water partition coefficient (Wildman–Crippen LogP) is 3.15. The van der Waals surface area contributed by atoms with E-state index in [1.165, 1.54) is 4.68 Å². The molecule has 8 heteroatoms. The van der Waals surface area contributed by atoms with Gasteiger partial charge in [-0.3, -0.25) is 4.79 Å². The zero-order valence-corrected chi connectivity index (χ0v) is 13.1. The number of rotatable bonds is 5. The highest BCUT2D eigenvalue weighted by molar-refractivity contribution is 6.35. The van der Waals surface area contributed by atoms with Gasteiger partial charge in [-0.1, -0.05) is 30.1 Å². The van der Waals surface area contributed by atoms with Crippen LogP contribution in [0.4, 0.5) is 0 Å². The molecule has 0 bridgehead atoms. The number of tetrazole rings is 1. The van der Waals surface area contributed by atoms with E-state index in [0.29, 0.717) is 27.9 Å². The molecule has 2 rings (SSSR count). The van der Waals surface area contributed by atoms with Crippen LogP contribution in [-0.2, 0) is 11.3 Å². The maximum Gasteiger partial charge on any atom is 0.311 e. The maximum atomic E-state index is 11.4. The van der Waals surface area contributed by atoms with E-state index in [4.69, 9.17) is 23.2 Å². The van der Waals surface area contributed by atoms with E-state index in [2.05, 4.69) is 15.5 Å². The highest BCUT2D eigenvalue weighted by Gasteiger charge is 2.33. The van der Waals surface area contributed by atoms with Gasteiger partial charge >= 0.3 is 5.97 Å². The first-order valence-electron chi connectivity index (χ1n) is 6.32. The lowest BCUT2D eigenvalue weighted by Gasteiger charge is -2.22. The predicted molar refractivity (Wildman–Crippen MR) is 79.3 cm³/mol. The average molecular weight is 329 g/mol. The summed E-state index contributed by atoms with van der Waals surface area (Å²) in [7, 11) is 0. The molecule has 0 radical (unpaired) electrons. The maximum absolute atomic E-state index is 11.4. The Morgan fingerprint density at radius 1 is 1.33 bits per heavy atom. The van der Waals surface area contributed by atoms with E-state index in [0.717, 1.165) is 0 Å². The van der Waals surface area contributed by atoms with Crippen molar-refractivity contribution >= 4 is 29.2 Å². The molecule has 1 atom stereocenters. The molecule has 1 N–H and O–H groups in total. The van der Waals surface area contributed by atoms with E-state index in [-0.39, 0.29) is 6.54 Å². The Morgan fingerprint density at radius 3 is 2.48 bits per heavy atom. The molecule has 21 heavy (non-hydrogen) atoms. The standard InChI is InChI=1S/C13H14Cl2N4O2/c1-3-13(2,12(20)21)7-19-11(16-17-18-19)8-4-9(14)6-10(15)5-8/h4-6H,3,7H2,1-2H3,(H,20,21). The molecule has 1 unspecified atom stereocenters. The minimum atomic E-state index is -0.952. The quantitative estimate of drug-likeness (QED) is 0.911. The van der Waals surface area contributed by atoms with Crippen LogP contribution in [0, 0.1) is 5.41 Å². The lowest BCUT2D eigenvalue weighted by atomic mass is 9.88. The summed E-state index contributed by atoms with van der Waals surface area (Å²) in [5.41, 5.74) is -0.312. The average Bonchev–Trinajstić information content (AvgIpc) is 2.85. The third-order valence-corrected chi connectivity index (χ3v) is 3.88. The fourth-order valence-corrected chi connectivity index (χ4v) is 2.39. The van der Waals surface area contributed by atoms with E-state index < -0.39 is 11.4 Å². The van der Waals surface area contributed by atoms with Crippen molar-refractivity contribution in [3.63, 3.8) is 0 Å². The van der Waals surface area contributed by atoms with Crippen LogP contribution in [0.15, 0.2) is 18.2 Å². The fourth-order valence-electron chi connectivity index (χ4n) is 1.86. The van der Waals surface area contributed by atoms with E-state index >= 15 is 0 Å². The van der Waals surface area contributed by atoms with E-state index in [1.807, 2.05) is 6.92 Å². The number of hydrogen-bond donors (Lipinski definition) is 1. The molecule has 0 aliphatic carbocycles. The van der Waals surface area contributed by atoms with Crippen LogP contribution in [0.3, 0.4) is 0 Å². The lowest BCUT2D eigenvalue weighted by Crippen LogP contribution is -2.32. The van der Waals surface area contributed by atoms with Gasteiger partial charge in [0.2, 0.25) is 0 Å². The molecule has 6 nitrogen and oxygen atoms in total. The number of halogens is 2. The summed E-state index contributed by atoms with van der Waals surface area (Å²) < 4.78 is 1.46. The molecule has 1 aromatic carbocycles. The second-order valence-corrected chi connectivity index (χ2v) is 5.91. The Morgan fingerprint density at radius 2 is 1.95 bits per heavy atom. The lowest BCUT2D eigenvalue weighted by molar-refractivity contribution is -0.149. The zero-order valence-electron chi connectivity index (χ0n) is 11.5. The molecule has 1 aromatic heterocycles. The van der Waals surface area contributed by atoms with Crippen LogP contribution >= 0.6 is 23.2 Å². The molecule has 0 aliphatic heterocycles. The second kappa shape index (κ2) is 5.99. The second-order valence-electron chi connectivity index (χ2n) is 5.04. The van der Waals surface area contributed by atoms with Crippen molar-refractivity contribution in [2.24, 2.45) is 5.41 Å². The summed E-state index contributed by atoms with van der Waals surface area (Å²) in [4.78, 5) is 11.4. The van der Waals surface area contributed by atoms with Gasteiger partial charge in [-0.15, -0.1) is 5.10 Å². The molecule has 112 valence electrons. The van der Waals surface area contributed by atoms with Crippen molar-refractivity contribution in [2.45, 2.75) is 26.8 Å². The van der Waals surface area contributed by atoms with Gasteiger partial charge in [0.05, 0.1) is 12.0 Å². The van der Waals surface area contributed by atoms with Crippen molar-refractivity contribution in [2.75, 3.05) is 0 Å². The summed E-state index contributed by atoms with van der Waals surface area (Å²) >= 11 is 11.9. The third-order valence-electron chi connectivity index (χ3n) is 3.45. The van der Waals surface area contributed by atoms with Crippen LogP contribution in [0.1, 0.15) is 20.3 Å². The van der Waals surface area contributed by atoms with Crippen LogP contribution in [0.25, 0.3) is 11.4 Å². The van der Waals surface area contributed by atoms with Crippen molar-refractivity contribution in [1.29, 1.82) is 0 Å². The Bertz CT molecular complexity index is 654. The van der Waals surface area contributed by atoms with Crippen molar-refractivity contribution in [3.05, 3.63) is 28.2 Å². The van der Waals surface area contributed by atoms with E-state index in [9.17, 15) is 9.90 Å². The van der Waals surface area contributed by atoms with Gasteiger partial charge in [-0.25, -0.2) is 4.68 Å². The van der Waals surface area contributed by atoms with Gasteiger partial charge in [-0.2, -0.15) is 0 Å². The summed E-state index contributed by atoms with van der Waals surface area (Å²) in [5.74, 6) is -0.462. The van der Waals surface area contributed by atoms with Gasteiger partial charge in [0.15, 0.2) is 5.82 Å². The van der Waals surface area contributed by atoms with Crippen molar-refractivity contribution in [3.8, 4) is 11.4 Å². The Labute approximate surface area is 131 Å². The fraction of sp³-hybridized carbons (Fsp3) is 0.385. The number of carboxylic acids is 1. The normalized spacial score (nSPS) is 13.9. The molecule has 0 saturated heterocycles. The van der Waals surface area contributed by atoms with Crippen LogP contribution in [0.5, 0.6) is 0 Å². The molecule has 2 aromatic rings. The molecule has 0 spiro atoms. The minimum absolute atomic E-state index is 0.158. The summed E-state index contributed by atoms with van der Waals surface area (Å²) in [5, 5.41) is 21.7. The van der Waals surface area contributed by atoms with Gasteiger partial charge in [0.25, 0.3) is 0 Å². The number of aliphatic carboxylic acids is 1. The number of aromatic nitrogens is 4. The number of carbonyl (C=O) groups is 1. The van der Waals surface area contributed by atoms with Gasteiger partial charge in [0, 0.05) is 15.6 Å². The Hall–Kier alpha value is -1.66. The molecule has 0 fully saturated rings. The number of nitrogens with zero attached hydrogens (tertiary/aromatic N) is 4. The smallest absolute Gasteiger partial charge is 0.311 e. The first-order valence-corrected chi connectivity index (χ1v) is 7.07. The van der Waals surface area contributed by atoms with Crippen molar-refractivity contribution < 1.29 is 9.90 Å². The minimum Gasteiger partial charge on any atom is -0.481 e. The largest absolute Gasteiger partial charge is 0.481 e. The zero-order chi connectivity index (χ0) is 15.6. The first kappa shape index (κ1) is 15.7. The SMILES string of the molecule is CCC(C)(Cn1nnnc1-c1cc(Cl)cc(Cl)c1)C(=O)O. The molecular weight excluding hydrogens is 315 g/mol. The van der Waals surface area contributed by atoms with Crippen LogP contribution < -0.4 is 0 Å². The van der Waals surface area contributed by atoms with Gasteiger partial charge in [-0.05, 0) is 42.0 Å². The topological polar surface area (TPSA) is 80.9 Å². The molecule has 0 aliphatic rings. The van der Waals surface area contributed by atoms with E-state index in [1.54, 1.807) is 25.1 Å². The summed E-state index contributed by atoms with van der Waals surface area (Å²) in [6, 6.07) is 4.97. The Kier molecular flexibility index (Phi) is 4.49. The number of hydrogen-bond acceptors (Lipinski definition) is 4. The number of carboxylic acid groups (broad SMARTS) is 1. The molecule has 0 saturated carbocycles. The highest BCUT2D eigenvalue weighted by atomic mass is 35.5. The van der Waals surface area contributed by atoms with Crippen LogP contribution in [-0.4, -0.2) is 31.3 Å². The molecular formula is C13H14Cl2N4O2. The van der Waals surface area contributed by atoms with Crippen molar-refractivity contribution in [1.82, 2.24) is 20.2 Å². The number of benzene rings is 1. The Balaban J connectivity index is 2.41. The summed E-state index contributed by atoms with van der Waals surface area (Å²) in [6.45, 7) is 3.63. The third kappa shape index (κ3) is 3.33. The highest BCUT2D eigenvalue weighted by Crippen LogP contribution is 2.29. The molecule has 0 amide bonds.